The number of aromatic hydroxyl groups is 1. The fraction of sp³-hybridized carbons (Fsp3) is 0.300. The highest BCUT2D eigenvalue weighted by Gasteiger charge is 2.29. The van der Waals surface area contributed by atoms with E-state index in [-0.39, 0.29) is 11.5 Å². The predicted molar refractivity (Wildman–Crippen MR) is 111 cm³/mol. The number of nitrogens with zero attached hydrogens (tertiary/aromatic N) is 1. The van der Waals surface area contributed by atoms with E-state index in [0.29, 0.717) is 22.7 Å². The van der Waals surface area contributed by atoms with Crippen LogP contribution in [-0.2, 0) is 27.2 Å². The number of hydrazone groups is 1. The van der Waals surface area contributed by atoms with E-state index < -0.39 is 17.8 Å². The number of phenols is 1. The third kappa shape index (κ3) is 4.60. The molecule has 1 aliphatic rings. The number of carbonyl (C=O) groups is 3. The molecule has 1 heterocycles. The van der Waals surface area contributed by atoms with Crippen molar-refractivity contribution in [2.45, 2.75) is 26.2 Å². The van der Waals surface area contributed by atoms with Gasteiger partial charge < -0.3 is 19.9 Å². The lowest BCUT2D eigenvalue weighted by molar-refractivity contribution is -0.136. The number of aryl methyl sites for hydroxylation is 1. The van der Waals surface area contributed by atoms with Crippen molar-refractivity contribution in [3.05, 3.63) is 39.8 Å². The second-order valence-electron chi connectivity index (χ2n) is 6.37. The Balaban J connectivity index is 1.65. The number of ether oxygens (including phenoxy) is 2. The van der Waals surface area contributed by atoms with E-state index in [9.17, 15) is 19.5 Å². The Morgan fingerprint density at radius 1 is 1.27 bits per heavy atom. The Morgan fingerprint density at radius 2 is 2.07 bits per heavy atom. The number of hydrogen-bond donors (Lipinski definition) is 3. The minimum atomic E-state index is -0.987. The van der Waals surface area contributed by atoms with E-state index in [2.05, 4.69) is 15.8 Å². The molecular weight excluding hydrogens is 410 g/mol. The van der Waals surface area contributed by atoms with Gasteiger partial charge in [-0.1, -0.05) is 0 Å². The van der Waals surface area contributed by atoms with Crippen molar-refractivity contribution in [3.63, 3.8) is 0 Å². The SMILES string of the molecule is CCOc1cc(/C=N\NC(=O)C(=O)Nc2sc3c(c2C(=O)OC)CCC3)ccc1O. The van der Waals surface area contributed by atoms with Crippen LogP contribution in [0.1, 0.15) is 39.7 Å². The van der Waals surface area contributed by atoms with E-state index >= 15 is 0 Å². The average Bonchev–Trinajstić information content (AvgIpc) is 3.30. The summed E-state index contributed by atoms with van der Waals surface area (Å²) < 4.78 is 10.1. The molecule has 1 aromatic carbocycles. The first-order valence-electron chi connectivity index (χ1n) is 9.27. The molecule has 0 aliphatic heterocycles. The number of carbonyl (C=O) groups excluding carboxylic acids is 3. The van der Waals surface area contributed by atoms with Gasteiger partial charge >= 0.3 is 17.8 Å². The zero-order valence-electron chi connectivity index (χ0n) is 16.5. The van der Waals surface area contributed by atoms with Gasteiger partial charge in [-0.05, 0) is 55.5 Å². The molecule has 9 nitrogen and oxygen atoms in total. The number of hydrogen-bond acceptors (Lipinski definition) is 8. The maximum atomic E-state index is 12.2. The number of rotatable bonds is 6. The summed E-state index contributed by atoms with van der Waals surface area (Å²) in [5.74, 6) is -2.20. The van der Waals surface area contributed by atoms with Crippen LogP contribution < -0.4 is 15.5 Å². The molecule has 2 amide bonds. The van der Waals surface area contributed by atoms with Crippen LogP contribution in [-0.4, -0.2) is 42.8 Å². The molecule has 1 aliphatic carbocycles. The van der Waals surface area contributed by atoms with Crippen LogP contribution in [0, 0.1) is 0 Å². The number of esters is 1. The molecule has 0 saturated heterocycles. The molecule has 3 N–H and O–H groups in total. The van der Waals surface area contributed by atoms with Crippen LogP contribution in [0.25, 0.3) is 0 Å². The highest BCUT2D eigenvalue weighted by Crippen LogP contribution is 2.39. The molecule has 158 valence electrons. The molecular formula is C20H21N3O6S. The predicted octanol–water partition coefficient (Wildman–Crippen LogP) is 2.22. The first kappa shape index (κ1) is 21.3. The number of amides is 2. The highest BCUT2D eigenvalue weighted by atomic mass is 32.1. The lowest BCUT2D eigenvalue weighted by Crippen LogP contribution is -2.32. The van der Waals surface area contributed by atoms with E-state index in [1.165, 1.54) is 30.7 Å². The van der Waals surface area contributed by atoms with Crippen LogP contribution in [0.2, 0.25) is 0 Å². The molecule has 0 spiro atoms. The Labute approximate surface area is 176 Å². The largest absolute Gasteiger partial charge is 0.504 e. The summed E-state index contributed by atoms with van der Waals surface area (Å²) in [5, 5.41) is 16.2. The smallest absolute Gasteiger partial charge is 0.341 e. The summed E-state index contributed by atoms with van der Waals surface area (Å²) >= 11 is 1.28. The topological polar surface area (TPSA) is 126 Å². The van der Waals surface area contributed by atoms with Crippen LogP contribution in [0.3, 0.4) is 0 Å². The maximum Gasteiger partial charge on any atom is 0.341 e. The van der Waals surface area contributed by atoms with Gasteiger partial charge in [0.15, 0.2) is 11.5 Å². The number of benzene rings is 1. The highest BCUT2D eigenvalue weighted by molar-refractivity contribution is 7.17. The second kappa shape index (κ2) is 9.40. The Morgan fingerprint density at radius 3 is 2.80 bits per heavy atom. The van der Waals surface area contributed by atoms with Gasteiger partial charge in [0.05, 0.1) is 25.5 Å². The molecule has 0 bridgehead atoms. The van der Waals surface area contributed by atoms with Gasteiger partial charge in [0, 0.05) is 4.88 Å². The van der Waals surface area contributed by atoms with Crippen LogP contribution in [0.5, 0.6) is 11.5 Å². The molecule has 2 aromatic rings. The maximum absolute atomic E-state index is 12.2. The van der Waals surface area contributed by atoms with Gasteiger partial charge in [0.2, 0.25) is 0 Å². The van der Waals surface area contributed by atoms with Gasteiger partial charge in [-0.3, -0.25) is 9.59 Å². The summed E-state index contributed by atoms with van der Waals surface area (Å²) in [7, 11) is 1.27. The molecule has 3 rings (SSSR count). The van der Waals surface area contributed by atoms with Crippen molar-refractivity contribution in [1.29, 1.82) is 0 Å². The Bertz CT molecular complexity index is 1010. The number of anilines is 1. The van der Waals surface area contributed by atoms with Crippen LogP contribution in [0.4, 0.5) is 5.00 Å². The minimum Gasteiger partial charge on any atom is -0.504 e. The van der Waals surface area contributed by atoms with Crippen LogP contribution >= 0.6 is 11.3 Å². The van der Waals surface area contributed by atoms with Crippen molar-refractivity contribution >= 4 is 40.3 Å². The monoisotopic (exact) mass is 431 g/mol. The van der Waals surface area contributed by atoms with E-state index in [1.807, 2.05) is 0 Å². The molecule has 1 aromatic heterocycles. The number of methoxy groups -OCH3 is 1. The van der Waals surface area contributed by atoms with Crippen molar-refractivity contribution < 1.29 is 29.0 Å². The number of fused-ring (bicyclic) bond motifs is 1. The molecule has 0 fully saturated rings. The molecule has 10 heteroatoms. The standard InChI is InChI=1S/C20H21N3O6S/c1-3-29-14-9-11(7-8-13(14)24)10-21-23-18(26)17(25)22-19-16(20(27)28-2)12-5-4-6-15(12)30-19/h7-10,24H,3-6H2,1-2H3,(H,22,25)(H,23,26)/b21-10-. The van der Waals surface area contributed by atoms with Crippen molar-refractivity contribution in [3.8, 4) is 11.5 Å². The molecule has 0 unspecified atom stereocenters. The van der Waals surface area contributed by atoms with Crippen molar-refractivity contribution in [1.82, 2.24) is 5.43 Å². The van der Waals surface area contributed by atoms with E-state index in [1.54, 1.807) is 19.1 Å². The second-order valence-corrected chi connectivity index (χ2v) is 7.47. The third-order valence-electron chi connectivity index (χ3n) is 4.41. The number of phenolic OH excluding ortho intramolecular Hbond substituents is 1. The van der Waals surface area contributed by atoms with Gasteiger partial charge in [-0.15, -0.1) is 11.3 Å². The zero-order chi connectivity index (χ0) is 21.7. The van der Waals surface area contributed by atoms with Crippen LogP contribution in [0.15, 0.2) is 23.3 Å². The molecule has 0 atom stereocenters. The van der Waals surface area contributed by atoms with Gasteiger partial charge in [0.25, 0.3) is 0 Å². The van der Waals surface area contributed by atoms with Gasteiger partial charge in [-0.2, -0.15) is 5.10 Å². The number of nitrogens with one attached hydrogen (secondary N) is 2. The zero-order valence-corrected chi connectivity index (χ0v) is 17.3. The fourth-order valence-electron chi connectivity index (χ4n) is 3.07. The summed E-state index contributed by atoms with van der Waals surface area (Å²) in [6.07, 6.45) is 3.81. The normalized spacial score (nSPS) is 12.5. The van der Waals surface area contributed by atoms with Gasteiger partial charge in [-0.25, -0.2) is 10.2 Å². The fourth-order valence-corrected chi connectivity index (χ4v) is 4.34. The summed E-state index contributed by atoms with van der Waals surface area (Å²) in [4.78, 5) is 37.4. The Kier molecular flexibility index (Phi) is 6.68. The lowest BCUT2D eigenvalue weighted by Gasteiger charge is -2.06. The summed E-state index contributed by atoms with van der Waals surface area (Å²) in [6.45, 7) is 2.16. The molecule has 30 heavy (non-hydrogen) atoms. The third-order valence-corrected chi connectivity index (χ3v) is 5.61. The summed E-state index contributed by atoms with van der Waals surface area (Å²) in [6, 6.07) is 4.55. The average molecular weight is 431 g/mol. The first-order valence-corrected chi connectivity index (χ1v) is 10.1. The first-order chi connectivity index (χ1) is 14.4. The van der Waals surface area contributed by atoms with E-state index in [4.69, 9.17) is 9.47 Å². The van der Waals surface area contributed by atoms with Crippen molar-refractivity contribution in [2.75, 3.05) is 19.0 Å². The van der Waals surface area contributed by atoms with E-state index in [0.717, 1.165) is 29.7 Å². The quantitative estimate of drug-likeness (QED) is 0.279. The summed E-state index contributed by atoms with van der Waals surface area (Å²) in [5.41, 5.74) is 3.87. The number of thiophene rings is 1. The van der Waals surface area contributed by atoms with Gasteiger partial charge in [0.1, 0.15) is 5.00 Å². The lowest BCUT2D eigenvalue weighted by atomic mass is 10.1. The Hall–Kier alpha value is -3.40. The minimum absolute atomic E-state index is 0.0123. The molecule has 0 radical (unpaired) electrons. The van der Waals surface area contributed by atoms with Crippen molar-refractivity contribution in [2.24, 2.45) is 5.10 Å². The molecule has 0 saturated carbocycles.